The van der Waals surface area contributed by atoms with Gasteiger partial charge in [0.1, 0.15) is 0 Å². The third-order valence-electron chi connectivity index (χ3n) is 3.69. The van der Waals surface area contributed by atoms with E-state index in [-0.39, 0.29) is 17.7 Å². The van der Waals surface area contributed by atoms with Gasteiger partial charge in [-0.05, 0) is 50.3 Å². The number of benzene rings is 2. The van der Waals surface area contributed by atoms with Crippen molar-refractivity contribution in [1.82, 2.24) is 4.90 Å². The Kier molecular flexibility index (Phi) is 5.66. The monoisotopic (exact) mass is 310 g/mol. The Hall–Kier alpha value is -2.46. The topological polar surface area (TPSA) is 49.4 Å². The lowest BCUT2D eigenvalue weighted by Gasteiger charge is -2.23. The number of ketones is 1. The van der Waals surface area contributed by atoms with Gasteiger partial charge in [0.25, 0.3) is 0 Å². The molecule has 1 amide bonds. The number of anilines is 1. The van der Waals surface area contributed by atoms with E-state index < -0.39 is 0 Å². The first kappa shape index (κ1) is 16.9. The van der Waals surface area contributed by atoms with Crippen molar-refractivity contribution >= 4 is 17.4 Å². The number of hydrogen-bond acceptors (Lipinski definition) is 3. The average Bonchev–Trinajstić information content (AvgIpc) is 2.53. The summed E-state index contributed by atoms with van der Waals surface area (Å²) in [5, 5.41) is 2.70. The van der Waals surface area contributed by atoms with Crippen molar-refractivity contribution in [3.05, 3.63) is 65.7 Å². The van der Waals surface area contributed by atoms with Crippen LogP contribution in [0.2, 0.25) is 0 Å². The van der Waals surface area contributed by atoms with Gasteiger partial charge in [0.2, 0.25) is 5.91 Å². The van der Waals surface area contributed by atoms with Crippen LogP contribution < -0.4 is 5.32 Å². The molecule has 4 nitrogen and oxygen atoms in total. The van der Waals surface area contributed by atoms with E-state index >= 15 is 0 Å². The van der Waals surface area contributed by atoms with E-state index in [1.54, 1.807) is 24.3 Å². The maximum absolute atomic E-state index is 12.8. The molecule has 0 radical (unpaired) electrons. The number of amides is 1. The molecule has 0 aromatic heterocycles. The zero-order chi connectivity index (χ0) is 16.8. The number of nitrogens with zero attached hydrogens (tertiary/aromatic N) is 1. The molecule has 0 aliphatic rings. The number of nitrogens with one attached hydrogen (secondary N) is 1. The molecular weight excluding hydrogens is 288 g/mol. The summed E-state index contributed by atoms with van der Waals surface area (Å²) < 4.78 is 0. The molecule has 2 aromatic carbocycles. The van der Waals surface area contributed by atoms with E-state index in [4.69, 9.17) is 0 Å². The summed E-state index contributed by atoms with van der Waals surface area (Å²) in [7, 11) is 3.83. The first-order valence-electron chi connectivity index (χ1n) is 7.59. The fourth-order valence-corrected chi connectivity index (χ4v) is 2.46. The van der Waals surface area contributed by atoms with Crippen LogP contribution in [0.25, 0.3) is 0 Å². The fraction of sp³-hybridized carbons (Fsp3) is 0.263. The summed E-state index contributed by atoms with van der Waals surface area (Å²) in [4.78, 5) is 25.8. The Labute approximate surface area is 137 Å². The number of Topliss-reactive ketones (excluding diaryl/α,β-unsaturated/α-hetero) is 1. The lowest BCUT2D eigenvalue weighted by atomic mass is 9.96. The zero-order valence-electron chi connectivity index (χ0n) is 13.7. The van der Waals surface area contributed by atoms with Crippen molar-refractivity contribution in [2.75, 3.05) is 19.4 Å². The molecule has 0 aliphatic heterocycles. The van der Waals surface area contributed by atoms with Gasteiger partial charge in [-0.1, -0.05) is 30.3 Å². The molecule has 4 heteroatoms. The van der Waals surface area contributed by atoms with Gasteiger partial charge in [-0.3, -0.25) is 14.5 Å². The highest BCUT2D eigenvalue weighted by Crippen LogP contribution is 2.15. The van der Waals surface area contributed by atoms with Gasteiger partial charge in [0, 0.05) is 18.2 Å². The van der Waals surface area contributed by atoms with E-state index in [0.29, 0.717) is 17.7 Å². The zero-order valence-corrected chi connectivity index (χ0v) is 13.7. The molecule has 0 aliphatic carbocycles. The second-order valence-electron chi connectivity index (χ2n) is 5.79. The minimum absolute atomic E-state index is 0.0771. The Morgan fingerprint density at radius 3 is 2.13 bits per heavy atom. The largest absolute Gasteiger partial charge is 0.326 e. The molecule has 120 valence electrons. The molecule has 2 aromatic rings. The quantitative estimate of drug-likeness (QED) is 0.835. The normalized spacial score (nSPS) is 12.0. The van der Waals surface area contributed by atoms with Gasteiger partial charge >= 0.3 is 0 Å². The van der Waals surface area contributed by atoms with Crippen LogP contribution in [0.4, 0.5) is 5.69 Å². The maximum Gasteiger partial charge on any atom is 0.221 e. The molecule has 0 fully saturated rings. The number of hydrogen-bond donors (Lipinski definition) is 1. The summed E-state index contributed by atoms with van der Waals surface area (Å²) in [6.45, 7) is 1.46. The predicted molar refractivity (Wildman–Crippen MR) is 92.7 cm³/mol. The molecule has 0 unspecified atom stereocenters. The summed E-state index contributed by atoms with van der Waals surface area (Å²) in [5.41, 5.74) is 2.47. The molecule has 0 saturated heterocycles. The van der Waals surface area contributed by atoms with Crippen LogP contribution in [0.1, 0.15) is 22.8 Å². The summed E-state index contributed by atoms with van der Waals surface area (Å²) in [6.07, 6.45) is 0.667. The molecule has 0 saturated carbocycles. The van der Waals surface area contributed by atoms with Crippen molar-refractivity contribution < 1.29 is 9.59 Å². The van der Waals surface area contributed by atoms with Crippen LogP contribution in [0.5, 0.6) is 0 Å². The molecule has 0 heterocycles. The Balaban J connectivity index is 2.16. The first-order valence-corrected chi connectivity index (χ1v) is 7.59. The summed E-state index contributed by atoms with van der Waals surface area (Å²) >= 11 is 0. The van der Waals surface area contributed by atoms with Crippen LogP contribution in [0, 0.1) is 0 Å². The van der Waals surface area contributed by atoms with Crippen molar-refractivity contribution in [3.8, 4) is 0 Å². The van der Waals surface area contributed by atoms with Crippen molar-refractivity contribution in [2.24, 2.45) is 0 Å². The van der Waals surface area contributed by atoms with Crippen molar-refractivity contribution in [1.29, 1.82) is 0 Å². The second-order valence-corrected chi connectivity index (χ2v) is 5.79. The van der Waals surface area contributed by atoms with Gasteiger partial charge in [-0.25, -0.2) is 0 Å². The minimum atomic E-state index is -0.219. The van der Waals surface area contributed by atoms with E-state index in [0.717, 1.165) is 5.56 Å². The number of carbonyl (C=O) groups excluding carboxylic acids is 2. The highest BCUT2D eigenvalue weighted by molar-refractivity contribution is 6.00. The molecule has 1 N–H and O–H groups in total. The van der Waals surface area contributed by atoms with Crippen LogP contribution >= 0.6 is 0 Å². The van der Waals surface area contributed by atoms with E-state index in [1.165, 1.54) is 6.92 Å². The Bertz CT molecular complexity index is 664. The summed E-state index contributed by atoms with van der Waals surface area (Å²) in [6, 6.07) is 16.8. The van der Waals surface area contributed by atoms with Gasteiger partial charge in [-0.2, -0.15) is 0 Å². The van der Waals surface area contributed by atoms with Gasteiger partial charge in [0.05, 0.1) is 6.04 Å². The first-order chi connectivity index (χ1) is 11.0. The Morgan fingerprint density at radius 1 is 1.00 bits per heavy atom. The van der Waals surface area contributed by atoms with Gasteiger partial charge < -0.3 is 5.32 Å². The van der Waals surface area contributed by atoms with Crippen LogP contribution in [-0.4, -0.2) is 36.7 Å². The second kappa shape index (κ2) is 7.70. The Morgan fingerprint density at radius 2 is 1.61 bits per heavy atom. The van der Waals surface area contributed by atoms with E-state index in [2.05, 4.69) is 5.32 Å². The molecule has 23 heavy (non-hydrogen) atoms. The van der Waals surface area contributed by atoms with Crippen LogP contribution in [0.15, 0.2) is 54.6 Å². The van der Waals surface area contributed by atoms with Gasteiger partial charge in [0.15, 0.2) is 5.78 Å². The predicted octanol–water partition coefficient (Wildman–Crippen LogP) is 3.00. The molecule has 0 spiro atoms. The third-order valence-corrected chi connectivity index (χ3v) is 3.69. The highest BCUT2D eigenvalue weighted by atomic mass is 16.1. The minimum Gasteiger partial charge on any atom is -0.326 e. The van der Waals surface area contributed by atoms with Crippen LogP contribution in [0.3, 0.4) is 0 Å². The smallest absolute Gasteiger partial charge is 0.221 e. The lowest BCUT2D eigenvalue weighted by Crippen LogP contribution is -2.37. The lowest BCUT2D eigenvalue weighted by molar-refractivity contribution is -0.114. The van der Waals surface area contributed by atoms with Crippen molar-refractivity contribution in [2.45, 2.75) is 19.4 Å². The van der Waals surface area contributed by atoms with Crippen molar-refractivity contribution in [3.63, 3.8) is 0 Å². The molecule has 2 rings (SSSR count). The van der Waals surface area contributed by atoms with Crippen LogP contribution in [-0.2, 0) is 11.2 Å². The van der Waals surface area contributed by atoms with E-state index in [1.807, 2.05) is 49.3 Å². The third kappa shape index (κ3) is 4.76. The van der Waals surface area contributed by atoms with Gasteiger partial charge in [-0.15, -0.1) is 0 Å². The molecule has 1 atom stereocenters. The highest BCUT2D eigenvalue weighted by Gasteiger charge is 2.22. The standard InChI is InChI=1S/C19H22N2O2/c1-14(22)20-17-11-9-16(10-12-17)19(23)18(21(2)3)13-15-7-5-4-6-8-15/h4-12,18H,13H2,1-3H3,(H,20,22)/t18-/m1/s1. The molecule has 0 bridgehead atoms. The fourth-order valence-electron chi connectivity index (χ4n) is 2.46. The number of likely N-dealkylation sites (N-methyl/N-ethyl adjacent to an activating group) is 1. The SMILES string of the molecule is CC(=O)Nc1ccc(C(=O)[C@@H](Cc2ccccc2)N(C)C)cc1. The summed E-state index contributed by atoms with van der Waals surface area (Å²) in [5.74, 6) is -0.0486. The maximum atomic E-state index is 12.8. The number of rotatable bonds is 6. The molecular formula is C19H22N2O2. The van der Waals surface area contributed by atoms with E-state index in [9.17, 15) is 9.59 Å². The average molecular weight is 310 g/mol. The number of carbonyl (C=O) groups is 2.